The van der Waals surface area contributed by atoms with Crippen LogP contribution in [0.3, 0.4) is 0 Å². The number of hydrogen-bond donors (Lipinski definition) is 4. The highest BCUT2D eigenvalue weighted by atomic mass is 32.2. The molecule has 208 valence electrons. The molecule has 0 spiro atoms. The van der Waals surface area contributed by atoms with Crippen LogP contribution in [0.1, 0.15) is 98.8 Å². The third-order valence-corrected chi connectivity index (χ3v) is 6.41. The SMILES string of the molecule is CC(=O)CCCCCSCCNC(=O)CCC(CN[C@H](C=O)CS)C(=O)O.CCCC.CCCC. The Hall–Kier alpha value is -1.06. The van der Waals surface area contributed by atoms with Gasteiger partial charge in [0.25, 0.3) is 0 Å². The Kier molecular flexibility index (Phi) is 34.0. The monoisotopic (exact) mass is 536 g/mol. The minimum Gasteiger partial charge on any atom is -0.481 e. The Morgan fingerprint density at radius 2 is 1.54 bits per heavy atom. The van der Waals surface area contributed by atoms with E-state index in [0.717, 1.165) is 30.8 Å². The summed E-state index contributed by atoms with van der Waals surface area (Å²) in [4.78, 5) is 44.6. The van der Waals surface area contributed by atoms with Gasteiger partial charge < -0.3 is 25.3 Å². The van der Waals surface area contributed by atoms with Crippen LogP contribution in [0.4, 0.5) is 0 Å². The Labute approximate surface area is 224 Å². The van der Waals surface area contributed by atoms with Gasteiger partial charge in [0, 0.05) is 37.4 Å². The fraction of sp³-hybridized carbons (Fsp3) is 0.846. The van der Waals surface area contributed by atoms with Crippen LogP contribution in [-0.4, -0.2) is 65.4 Å². The first-order valence-electron chi connectivity index (χ1n) is 13.1. The average molecular weight is 537 g/mol. The first-order valence-corrected chi connectivity index (χ1v) is 14.9. The number of rotatable bonds is 20. The number of aliphatic carboxylic acids is 1. The van der Waals surface area contributed by atoms with Gasteiger partial charge in [-0.15, -0.1) is 0 Å². The summed E-state index contributed by atoms with van der Waals surface area (Å²) in [7, 11) is 0. The van der Waals surface area contributed by atoms with Crippen LogP contribution in [0.2, 0.25) is 0 Å². The van der Waals surface area contributed by atoms with Gasteiger partial charge in [-0.05, 0) is 31.9 Å². The second kappa shape index (κ2) is 31.0. The van der Waals surface area contributed by atoms with E-state index in [2.05, 4.69) is 51.0 Å². The molecule has 0 aliphatic rings. The smallest absolute Gasteiger partial charge is 0.307 e. The van der Waals surface area contributed by atoms with Crippen molar-refractivity contribution in [3.05, 3.63) is 0 Å². The molecule has 0 aliphatic heterocycles. The van der Waals surface area contributed by atoms with Crippen molar-refractivity contribution in [2.24, 2.45) is 5.92 Å². The van der Waals surface area contributed by atoms with Gasteiger partial charge in [-0.3, -0.25) is 9.59 Å². The van der Waals surface area contributed by atoms with E-state index in [4.69, 9.17) is 0 Å². The number of carbonyl (C=O) groups is 4. The predicted molar refractivity (Wildman–Crippen MR) is 153 cm³/mol. The maximum absolute atomic E-state index is 11.8. The summed E-state index contributed by atoms with van der Waals surface area (Å²) < 4.78 is 0. The van der Waals surface area contributed by atoms with Crippen molar-refractivity contribution >= 4 is 48.3 Å². The Bertz CT molecular complexity index is 514. The van der Waals surface area contributed by atoms with Crippen molar-refractivity contribution in [1.29, 1.82) is 0 Å². The number of thiol groups is 1. The van der Waals surface area contributed by atoms with Crippen molar-refractivity contribution in [1.82, 2.24) is 10.6 Å². The van der Waals surface area contributed by atoms with Crippen molar-refractivity contribution in [2.45, 2.75) is 105 Å². The summed E-state index contributed by atoms with van der Waals surface area (Å²) in [6, 6.07) is -0.483. The Morgan fingerprint density at radius 1 is 0.943 bits per heavy atom. The zero-order valence-corrected chi connectivity index (χ0v) is 24.5. The van der Waals surface area contributed by atoms with Crippen molar-refractivity contribution < 1.29 is 24.3 Å². The first kappa shape index (κ1) is 38.5. The lowest BCUT2D eigenvalue weighted by Crippen LogP contribution is -2.38. The number of nitrogens with one attached hydrogen (secondary N) is 2. The third kappa shape index (κ3) is 32.9. The summed E-state index contributed by atoms with van der Waals surface area (Å²) in [5.74, 6) is 0.475. The van der Waals surface area contributed by atoms with E-state index < -0.39 is 17.9 Å². The molecule has 7 nitrogen and oxygen atoms in total. The van der Waals surface area contributed by atoms with Crippen LogP contribution in [0.25, 0.3) is 0 Å². The van der Waals surface area contributed by atoms with Gasteiger partial charge in [0.05, 0.1) is 12.0 Å². The molecule has 0 aromatic rings. The molecule has 3 N–H and O–H groups in total. The summed E-state index contributed by atoms with van der Waals surface area (Å²) in [6.45, 7) is 11.0. The van der Waals surface area contributed by atoms with Gasteiger partial charge in [-0.2, -0.15) is 24.4 Å². The number of amides is 1. The average Bonchev–Trinajstić information content (AvgIpc) is 2.85. The number of ketones is 1. The Balaban J connectivity index is -0.00000110. The molecule has 1 amide bonds. The molecule has 0 aromatic heterocycles. The summed E-state index contributed by atoms with van der Waals surface area (Å²) in [6.07, 6.45) is 10.0. The third-order valence-electron chi connectivity index (χ3n) is 4.94. The molecule has 0 aliphatic carbocycles. The van der Waals surface area contributed by atoms with Gasteiger partial charge in [-0.25, -0.2) is 0 Å². The summed E-state index contributed by atoms with van der Waals surface area (Å²) in [5, 5.41) is 14.8. The number of carboxylic acid groups (broad SMARTS) is 1. The lowest BCUT2D eigenvalue weighted by Gasteiger charge is -2.15. The molecule has 0 bridgehead atoms. The van der Waals surface area contributed by atoms with Gasteiger partial charge in [0.1, 0.15) is 12.1 Å². The minimum absolute atomic E-state index is 0.131. The molecular formula is C26H52N2O5S2. The topological polar surface area (TPSA) is 113 Å². The van der Waals surface area contributed by atoms with Crippen LogP contribution in [-0.2, 0) is 19.2 Å². The van der Waals surface area contributed by atoms with E-state index >= 15 is 0 Å². The molecule has 0 aromatic carbocycles. The van der Waals surface area contributed by atoms with Crippen molar-refractivity contribution in [3.8, 4) is 0 Å². The van der Waals surface area contributed by atoms with Crippen molar-refractivity contribution in [2.75, 3.05) is 30.3 Å². The normalized spacial score (nSPS) is 11.7. The number of Topliss-reactive ketones (excluding diaryl/α,β-unsaturated/α-hetero) is 1. The zero-order chi connectivity index (χ0) is 27.3. The van der Waals surface area contributed by atoms with E-state index in [0.29, 0.717) is 25.0 Å². The van der Waals surface area contributed by atoms with E-state index in [1.807, 2.05) is 0 Å². The molecule has 0 heterocycles. The van der Waals surface area contributed by atoms with Gasteiger partial charge in [0.15, 0.2) is 0 Å². The van der Waals surface area contributed by atoms with Crippen LogP contribution < -0.4 is 10.6 Å². The molecule has 0 saturated heterocycles. The Morgan fingerprint density at radius 3 is 2.00 bits per heavy atom. The van der Waals surface area contributed by atoms with Gasteiger partial charge in [0.2, 0.25) is 5.91 Å². The fourth-order valence-corrected chi connectivity index (χ4v) is 3.35. The van der Waals surface area contributed by atoms with Crippen molar-refractivity contribution in [3.63, 3.8) is 0 Å². The molecule has 0 radical (unpaired) electrons. The molecule has 0 rings (SSSR count). The molecule has 9 heteroatoms. The highest BCUT2D eigenvalue weighted by molar-refractivity contribution is 7.99. The lowest BCUT2D eigenvalue weighted by atomic mass is 10.0. The first-order chi connectivity index (χ1) is 16.7. The van der Waals surface area contributed by atoms with Crippen LogP contribution in [0.5, 0.6) is 0 Å². The zero-order valence-electron chi connectivity index (χ0n) is 22.8. The quantitative estimate of drug-likeness (QED) is 0.0965. The van der Waals surface area contributed by atoms with E-state index in [-0.39, 0.29) is 31.1 Å². The minimum atomic E-state index is -0.987. The highest BCUT2D eigenvalue weighted by Crippen LogP contribution is 2.08. The lowest BCUT2D eigenvalue weighted by molar-refractivity contribution is -0.142. The summed E-state index contributed by atoms with van der Waals surface area (Å²) in [5.41, 5.74) is 0. The molecule has 0 fully saturated rings. The standard InChI is InChI=1S/C18H32N2O5S2.2C4H10/c1-14(22)5-3-2-4-9-27-10-8-19-17(23)7-6-15(18(24)25)11-20-16(12-21)13-26;2*1-3-4-2/h12,15-16,20,26H,2-11,13H2,1H3,(H,19,23)(H,24,25);2*3-4H2,1-2H3/t15?,16-;;/m1../s1. The highest BCUT2D eigenvalue weighted by Gasteiger charge is 2.19. The van der Waals surface area contributed by atoms with E-state index in [9.17, 15) is 24.3 Å². The summed E-state index contributed by atoms with van der Waals surface area (Å²) >= 11 is 5.76. The molecule has 35 heavy (non-hydrogen) atoms. The van der Waals surface area contributed by atoms with Gasteiger partial charge >= 0.3 is 5.97 Å². The number of thioether (sulfide) groups is 1. The number of hydrogen-bond acceptors (Lipinski definition) is 7. The molecular weight excluding hydrogens is 484 g/mol. The maximum atomic E-state index is 11.8. The molecule has 0 saturated carbocycles. The second-order valence-electron chi connectivity index (χ2n) is 8.38. The van der Waals surface area contributed by atoms with Crippen LogP contribution in [0.15, 0.2) is 0 Å². The number of carbonyl (C=O) groups excluding carboxylic acids is 3. The van der Waals surface area contributed by atoms with E-state index in [1.165, 1.54) is 25.7 Å². The van der Waals surface area contributed by atoms with Crippen LogP contribution >= 0.6 is 24.4 Å². The van der Waals surface area contributed by atoms with E-state index in [1.54, 1.807) is 18.7 Å². The van der Waals surface area contributed by atoms with Crippen LogP contribution in [0, 0.1) is 5.92 Å². The largest absolute Gasteiger partial charge is 0.481 e. The molecule has 2 atom stereocenters. The second-order valence-corrected chi connectivity index (χ2v) is 9.97. The predicted octanol–water partition coefficient (Wildman–Crippen LogP) is 5.17. The maximum Gasteiger partial charge on any atom is 0.307 e. The number of carboxylic acids is 1. The van der Waals surface area contributed by atoms with Gasteiger partial charge in [-0.1, -0.05) is 59.8 Å². The fourth-order valence-electron chi connectivity index (χ4n) is 2.28. The number of aldehydes is 1. The molecule has 1 unspecified atom stereocenters. The number of unbranched alkanes of at least 4 members (excludes halogenated alkanes) is 4.